The third-order valence-corrected chi connectivity index (χ3v) is 3.23. The van der Waals surface area contributed by atoms with Gasteiger partial charge >= 0.3 is 5.97 Å². The lowest BCUT2D eigenvalue weighted by molar-refractivity contribution is -0.144. The maximum atomic E-state index is 11.6. The second-order valence-corrected chi connectivity index (χ2v) is 5.02. The van der Waals surface area contributed by atoms with E-state index in [4.69, 9.17) is 21.1 Å². The number of aliphatic carboxylic acids is 1. The highest BCUT2D eigenvalue weighted by Gasteiger charge is 2.14. The smallest absolute Gasteiger partial charge is 0.332 e. The third kappa shape index (κ3) is 4.17. The number of hydrogen-bond acceptors (Lipinski definition) is 4. The molecule has 4 N–H and O–H groups in total. The SMILES string of the molecule is CC(=O)N(OCC(=O)O)c1ccc(-c2ccc(C(=N)N)cc2)cc1. The molecule has 0 aromatic heterocycles. The predicted octanol–water partition coefficient (Wildman–Crippen LogP) is 2.01. The van der Waals surface area contributed by atoms with Crippen LogP contribution in [0.2, 0.25) is 0 Å². The molecule has 0 saturated carbocycles. The van der Waals surface area contributed by atoms with Crippen molar-refractivity contribution in [1.29, 1.82) is 5.41 Å². The Morgan fingerprint density at radius 3 is 2.00 bits per heavy atom. The zero-order valence-corrected chi connectivity index (χ0v) is 13.0. The van der Waals surface area contributed by atoms with Crippen molar-refractivity contribution in [2.75, 3.05) is 11.7 Å². The maximum Gasteiger partial charge on any atom is 0.332 e. The van der Waals surface area contributed by atoms with Gasteiger partial charge in [-0.2, -0.15) is 5.06 Å². The van der Waals surface area contributed by atoms with Crippen LogP contribution in [0.1, 0.15) is 12.5 Å². The van der Waals surface area contributed by atoms with Crippen LogP contribution >= 0.6 is 0 Å². The van der Waals surface area contributed by atoms with E-state index in [1.165, 1.54) is 6.92 Å². The molecule has 0 aliphatic heterocycles. The molecule has 24 heavy (non-hydrogen) atoms. The fourth-order valence-electron chi connectivity index (χ4n) is 2.10. The summed E-state index contributed by atoms with van der Waals surface area (Å²) in [4.78, 5) is 27.2. The van der Waals surface area contributed by atoms with E-state index in [1.54, 1.807) is 36.4 Å². The molecule has 2 aromatic rings. The summed E-state index contributed by atoms with van der Waals surface area (Å²) < 4.78 is 0. The maximum absolute atomic E-state index is 11.6. The Morgan fingerprint density at radius 1 is 1.08 bits per heavy atom. The van der Waals surface area contributed by atoms with E-state index in [9.17, 15) is 9.59 Å². The van der Waals surface area contributed by atoms with E-state index in [-0.39, 0.29) is 5.84 Å². The Hall–Kier alpha value is -3.19. The fraction of sp³-hybridized carbons (Fsp3) is 0.118. The summed E-state index contributed by atoms with van der Waals surface area (Å²) in [5, 5.41) is 17.0. The number of nitrogen functional groups attached to an aromatic ring is 1. The van der Waals surface area contributed by atoms with Crippen molar-refractivity contribution in [1.82, 2.24) is 0 Å². The van der Waals surface area contributed by atoms with E-state index in [0.29, 0.717) is 11.3 Å². The summed E-state index contributed by atoms with van der Waals surface area (Å²) in [5.74, 6) is -1.58. The highest BCUT2D eigenvalue weighted by molar-refractivity contribution is 5.95. The van der Waals surface area contributed by atoms with Gasteiger partial charge < -0.3 is 10.8 Å². The average molecular weight is 327 g/mol. The number of anilines is 1. The summed E-state index contributed by atoms with van der Waals surface area (Å²) in [7, 11) is 0. The fourth-order valence-corrected chi connectivity index (χ4v) is 2.10. The molecule has 0 aliphatic rings. The summed E-state index contributed by atoms with van der Waals surface area (Å²) in [5.41, 5.74) is 8.32. The molecule has 0 atom stereocenters. The molecule has 7 nitrogen and oxygen atoms in total. The van der Waals surface area contributed by atoms with E-state index < -0.39 is 18.5 Å². The van der Waals surface area contributed by atoms with Crippen molar-refractivity contribution < 1.29 is 19.5 Å². The summed E-state index contributed by atoms with van der Waals surface area (Å²) in [6, 6.07) is 14.1. The van der Waals surface area contributed by atoms with Crippen LogP contribution in [-0.4, -0.2) is 29.4 Å². The first kappa shape index (κ1) is 17.2. The minimum absolute atomic E-state index is 0.00424. The molecule has 2 aromatic carbocycles. The Labute approximate surface area is 138 Å². The number of hydrogen-bond donors (Lipinski definition) is 3. The first-order valence-corrected chi connectivity index (χ1v) is 7.09. The molecule has 0 fully saturated rings. The van der Waals surface area contributed by atoms with Crippen molar-refractivity contribution in [2.45, 2.75) is 6.92 Å². The molecular formula is C17H17N3O4. The quantitative estimate of drug-likeness (QED) is 0.426. The molecule has 0 saturated heterocycles. The van der Waals surface area contributed by atoms with Gasteiger partial charge in [0.05, 0.1) is 5.69 Å². The van der Waals surface area contributed by atoms with Gasteiger partial charge in [-0.25, -0.2) is 4.79 Å². The van der Waals surface area contributed by atoms with Crippen LogP contribution < -0.4 is 10.8 Å². The second-order valence-electron chi connectivity index (χ2n) is 5.02. The molecule has 0 heterocycles. The molecule has 124 valence electrons. The van der Waals surface area contributed by atoms with Crippen LogP contribution in [0, 0.1) is 5.41 Å². The van der Waals surface area contributed by atoms with Crippen molar-refractivity contribution in [3.05, 3.63) is 54.1 Å². The van der Waals surface area contributed by atoms with Crippen LogP contribution in [0.4, 0.5) is 5.69 Å². The number of carboxylic acids is 1. The molecular weight excluding hydrogens is 310 g/mol. The van der Waals surface area contributed by atoms with Gasteiger partial charge in [0, 0.05) is 12.5 Å². The number of benzene rings is 2. The number of nitrogens with one attached hydrogen (secondary N) is 1. The van der Waals surface area contributed by atoms with Gasteiger partial charge in [-0.15, -0.1) is 0 Å². The van der Waals surface area contributed by atoms with E-state index in [0.717, 1.165) is 16.2 Å². The number of nitrogens with two attached hydrogens (primary N) is 1. The Kier molecular flexibility index (Phi) is 5.28. The third-order valence-electron chi connectivity index (χ3n) is 3.23. The molecule has 0 bridgehead atoms. The van der Waals surface area contributed by atoms with Gasteiger partial charge in [-0.1, -0.05) is 36.4 Å². The Bertz CT molecular complexity index is 754. The minimum Gasteiger partial charge on any atom is -0.479 e. The standard InChI is InChI=1S/C17H17N3O4/c1-11(21)20(24-10-16(22)23)15-8-6-13(7-9-15)12-2-4-14(5-3-12)17(18)19/h2-9H,10H2,1H3,(H3,18,19)(H,22,23). The van der Waals surface area contributed by atoms with Gasteiger partial charge in [0.25, 0.3) is 0 Å². The van der Waals surface area contributed by atoms with Crippen LogP contribution in [0.3, 0.4) is 0 Å². The van der Waals surface area contributed by atoms with Gasteiger partial charge in [0.15, 0.2) is 6.61 Å². The van der Waals surface area contributed by atoms with E-state index in [1.807, 2.05) is 12.1 Å². The van der Waals surface area contributed by atoms with Crippen molar-refractivity contribution in [3.63, 3.8) is 0 Å². The number of hydroxylamine groups is 1. The molecule has 0 spiro atoms. The number of amidine groups is 1. The molecule has 2 rings (SSSR count). The Morgan fingerprint density at radius 2 is 1.58 bits per heavy atom. The van der Waals surface area contributed by atoms with Crippen LogP contribution in [0.25, 0.3) is 11.1 Å². The first-order valence-electron chi connectivity index (χ1n) is 7.09. The lowest BCUT2D eigenvalue weighted by Gasteiger charge is -2.19. The molecule has 0 radical (unpaired) electrons. The monoisotopic (exact) mass is 327 g/mol. The molecule has 7 heteroatoms. The highest BCUT2D eigenvalue weighted by Crippen LogP contribution is 2.24. The number of carbonyl (C=O) groups is 2. The number of rotatable bonds is 6. The largest absolute Gasteiger partial charge is 0.479 e. The zero-order chi connectivity index (χ0) is 17.7. The molecule has 0 aliphatic carbocycles. The number of nitrogens with zero attached hydrogens (tertiary/aromatic N) is 1. The first-order chi connectivity index (χ1) is 11.4. The van der Waals surface area contributed by atoms with E-state index in [2.05, 4.69) is 0 Å². The summed E-state index contributed by atoms with van der Waals surface area (Å²) in [6.45, 7) is 0.685. The molecule has 0 unspecified atom stereocenters. The molecule has 1 amide bonds. The van der Waals surface area contributed by atoms with Gasteiger partial charge in [0.1, 0.15) is 5.84 Å². The van der Waals surface area contributed by atoms with Gasteiger partial charge in [0.2, 0.25) is 5.91 Å². The van der Waals surface area contributed by atoms with Crippen molar-refractivity contribution >= 4 is 23.4 Å². The van der Waals surface area contributed by atoms with Gasteiger partial charge in [-0.05, 0) is 23.3 Å². The van der Waals surface area contributed by atoms with Crippen molar-refractivity contribution in [3.8, 4) is 11.1 Å². The highest BCUT2D eigenvalue weighted by atomic mass is 16.7. The lowest BCUT2D eigenvalue weighted by Crippen LogP contribution is -2.31. The average Bonchev–Trinajstić information content (AvgIpc) is 2.55. The van der Waals surface area contributed by atoms with Crippen molar-refractivity contribution in [2.24, 2.45) is 5.73 Å². The van der Waals surface area contributed by atoms with E-state index >= 15 is 0 Å². The predicted molar refractivity (Wildman–Crippen MR) is 89.6 cm³/mol. The van der Waals surface area contributed by atoms with Crippen LogP contribution in [-0.2, 0) is 14.4 Å². The minimum atomic E-state index is -1.16. The summed E-state index contributed by atoms with van der Waals surface area (Å²) in [6.07, 6.45) is 0. The zero-order valence-electron chi connectivity index (χ0n) is 13.0. The number of carboxylic acid groups (broad SMARTS) is 1. The lowest BCUT2D eigenvalue weighted by atomic mass is 10.0. The summed E-state index contributed by atoms with van der Waals surface area (Å²) >= 11 is 0. The normalized spacial score (nSPS) is 10.2. The number of amides is 1. The number of carbonyl (C=O) groups excluding carboxylic acids is 1. The van der Waals surface area contributed by atoms with Crippen LogP contribution in [0.5, 0.6) is 0 Å². The van der Waals surface area contributed by atoms with Crippen LogP contribution in [0.15, 0.2) is 48.5 Å². The Balaban J connectivity index is 2.20. The second kappa shape index (κ2) is 7.38. The van der Waals surface area contributed by atoms with Gasteiger partial charge in [-0.3, -0.25) is 15.0 Å². The topological polar surface area (TPSA) is 117 Å².